The number of unbranched alkanes of at least 4 members (excludes halogenated alkanes) is 47. The van der Waals surface area contributed by atoms with Gasteiger partial charge in [0, 0.05) is 12.8 Å². The van der Waals surface area contributed by atoms with Crippen LogP contribution in [-0.4, -0.2) is 82.3 Å². The van der Waals surface area contributed by atoms with Crippen LogP contribution in [0.5, 0.6) is 0 Å². The smallest absolute Gasteiger partial charge is 0.306 e. The molecule has 9 nitrogen and oxygen atoms in total. The first-order chi connectivity index (χ1) is 40.6. The van der Waals surface area contributed by atoms with E-state index in [0.717, 1.165) is 44.9 Å². The van der Waals surface area contributed by atoms with Gasteiger partial charge in [-0.05, 0) is 70.6 Å². The number of aliphatic carboxylic acids is 1. The van der Waals surface area contributed by atoms with Crippen molar-refractivity contribution in [1.29, 1.82) is 0 Å². The molecule has 0 rings (SSSR count). The summed E-state index contributed by atoms with van der Waals surface area (Å²) in [6.07, 6.45) is 79.5. The molecule has 0 saturated carbocycles. The number of quaternary nitrogens is 1. The van der Waals surface area contributed by atoms with E-state index in [9.17, 15) is 19.5 Å². The van der Waals surface area contributed by atoms with Crippen LogP contribution in [0.4, 0.5) is 0 Å². The van der Waals surface area contributed by atoms with Crippen molar-refractivity contribution < 1.29 is 42.9 Å². The van der Waals surface area contributed by atoms with Crippen molar-refractivity contribution in [2.45, 2.75) is 373 Å². The van der Waals surface area contributed by atoms with Crippen LogP contribution in [0.2, 0.25) is 0 Å². The van der Waals surface area contributed by atoms with E-state index in [-0.39, 0.29) is 32.2 Å². The first-order valence-corrected chi connectivity index (χ1v) is 36.1. The summed E-state index contributed by atoms with van der Waals surface area (Å²) in [5.41, 5.74) is 0. The molecule has 0 aliphatic rings. The van der Waals surface area contributed by atoms with Crippen LogP contribution >= 0.6 is 0 Å². The predicted molar refractivity (Wildman–Crippen MR) is 353 cm³/mol. The van der Waals surface area contributed by atoms with Gasteiger partial charge >= 0.3 is 11.9 Å². The van der Waals surface area contributed by atoms with Crippen LogP contribution in [0.1, 0.15) is 361 Å². The topological polar surface area (TPSA) is 111 Å². The highest BCUT2D eigenvalue weighted by Gasteiger charge is 2.22. The predicted octanol–water partition coefficient (Wildman–Crippen LogP) is 21.0. The van der Waals surface area contributed by atoms with Gasteiger partial charge in [0.25, 0.3) is 0 Å². The van der Waals surface area contributed by atoms with E-state index in [1.165, 1.54) is 289 Å². The molecule has 2 atom stereocenters. The lowest BCUT2D eigenvalue weighted by molar-refractivity contribution is -0.870. The molecule has 0 heterocycles. The molecule has 0 fully saturated rings. The van der Waals surface area contributed by atoms with Crippen LogP contribution in [0, 0.1) is 0 Å². The Bertz CT molecular complexity index is 1450. The Balaban J connectivity index is 4.06. The van der Waals surface area contributed by atoms with Crippen LogP contribution in [0.25, 0.3) is 0 Å². The Morgan fingerprint density at radius 1 is 0.361 bits per heavy atom. The van der Waals surface area contributed by atoms with Gasteiger partial charge in [-0.3, -0.25) is 9.59 Å². The Hall–Kier alpha value is -2.49. The molecule has 0 aromatic rings. The molecule has 0 aliphatic carbocycles. The number of likely N-dealkylation sites (N-methyl/N-ethyl adjacent to an activating group) is 1. The Kier molecular flexibility index (Phi) is 63.5. The van der Waals surface area contributed by atoms with Crippen molar-refractivity contribution in [3.63, 3.8) is 0 Å². The fourth-order valence-electron chi connectivity index (χ4n) is 10.8. The lowest BCUT2D eigenvalue weighted by Gasteiger charge is -2.26. The van der Waals surface area contributed by atoms with E-state index < -0.39 is 24.3 Å². The average molecular weight is 1170 g/mol. The highest BCUT2D eigenvalue weighted by Crippen LogP contribution is 2.19. The molecule has 0 aromatic heterocycles. The molecular weight excluding hydrogens is 1030 g/mol. The second-order valence-corrected chi connectivity index (χ2v) is 25.9. The van der Waals surface area contributed by atoms with Gasteiger partial charge in [-0.25, -0.2) is 0 Å². The summed E-state index contributed by atoms with van der Waals surface area (Å²) in [6, 6.07) is 0. The number of hydrogen-bond acceptors (Lipinski definition) is 8. The summed E-state index contributed by atoms with van der Waals surface area (Å²) in [6.45, 7) is 4.80. The molecule has 2 unspecified atom stereocenters. The van der Waals surface area contributed by atoms with Gasteiger partial charge in [-0.15, -0.1) is 0 Å². The van der Waals surface area contributed by atoms with Gasteiger partial charge in [0.2, 0.25) is 0 Å². The van der Waals surface area contributed by atoms with Crippen molar-refractivity contribution in [1.82, 2.24) is 0 Å². The highest BCUT2D eigenvalue weighted by molar-refractivity contribution is 5.70. The number of nitrogens with zero attached hydrogens (tertiary/aromatic N) is 1. The Labute approximate surface area is 515 Å². The molecule has 0 aromatic carbocycles. The molecule has 0 spiro atoms. The van der Waals surface area contributed by atoms with Crippen molar-refractivity contribution >= 4 is 17.9 Å². The Morgan fingerprint density at radius 3 is 0.964 bits per heavy atom. The summed E-state index contributed by atoms with van der Waals surface area (Å²) in [7, 11) is 5.94. The molecular formula is C74H139NO8. The van der Waals surface area contributed by atoms with Gasteiger partial charge < -0.3 is 33.3 Å². The van der Waals surface area contributed by atoms with Gasteiger partial charge in [0.1, 0.15) is 13.2 Å². The quantitative estimate of drug-likeness (QED) is 0.0195. The van der Waals surface area contributed by atoms with Crippen LogP contribution in [-0.2, 0) is 33.3 Å². The Morgan fingerprint density at radius 2 is 0.651 bits per heavy atom. The minimum Gasteiger partial charge on any atom is -0.545 e. The minimum atomic E-state index is -1.62. The second-order valence-electron chi connectivity index (χ2n) is 25.9. The van der Waals surface area contributed by atoms with Gasteiger partial charge in [-0.1, -0.05) is 314 Å². The zero-order valence-corrected chi connectivity index (χ0v) is 55.8. The van der Waals surface area contributed by atoms with Crippen molar-refractivity contribution in [2.24, 2.45) is 0 Å². The van der Waals surface area contributed by atoms with Crippen molar-refractivity contribution in [3.8, 4) is 0 Å². The molecule has 9 heteroatoms. The number of allylic oxidation sites excluding steroid dienone is 6. The van der Waals surface area contributed by atoms with E-state index in [2.05, 4.69) is 50.3 Å². The molecule has 0 bridgehead atoms. The summed E-state index contributed by atoms with van der Waals surface area (Å²) < 4.78 is 22.8. The third-order valence-corrected chi connectivity index (χ3v) is 16.4. The maximum absolute atomic E-state index is 12.9. The molecule has 0 radical (unpaired) electrons. The van der Waals surface area contributed by atoms with Gasteiger partial charge in [0.05, 0.1) is 40.3 Å². The minimum absolute atomic E-state index is 0.150. The first kappa shape index (κ1) is 80.5. The summed E-state index contributed by atoms with van der Waals surface area (Å²) in [5, 5.41) is 11.8. The average Bonchev–Trinajstić information content (AvgIpc) is 3.46. The van der Waals surface area contributed by atoms with Crippen molar-refractivity contribution in [3.05, 3.63) is 36.5 Å². The molecule has 83 heavy (non-hydrogen) atoms. The number of hydrogen-bond donors (Lipinski definition) is 0. The zero-order chi connectivity index (χ0) is 60.5. The van der Waals surface area contributed by atoms with Gasteiger partial charge in [0.15, 0.2) is 12.4 Å². The fourth-order valence-corrected chi connectivity index (χ4v) is 10.8. The number of carbonyl (C=O) groups is 3. The number of carboxylic acids is 1. The fraction of sp³-hybridized carbons (Fsp3) is 0.878. The number of rotatable bonds is 68. The van der Waals surface area contributed by atoms with Crippen molar-refractivity contribution in [2.75, 3.05) is 47.5 Å². The molecule has 0 saturated heterocycles. The van der Waals surface area contributed by atoms with E-state index >= 15 is 0 Å². The number of carbonyl (C=O) groups excluding carboxylic acids is 3. The zero-order valence-electron chi connectivity index (χ0n) is 55.8. The second kappa shape index (κ2) is 65.5. The monoisotopic (exact) mass is 1170 g/mol. The standard InChI is InChI=1S/C74H139NO8/c1-6-8-10-12-14-16-18-20-22-24-26-28-30-32-34-36-38-40-42-44-46-48-50-52-54-56-58-60-62-64-71(76)81-68-70(69-82-74(73(78)79)80-67-66-75(3,4)5)83-72(77)65-63-61-59-57-55-53-51-49-47-45-43-41-39-37-35-33-31-29-27-25-23-21-19-17-15-13-11-9-7-2/h19,21,24-27,70,74H,6-18,20,22-23,28-69H2,1-5H3/b21-19-,26-24-,27-25-. The van der Waals surface area contributed by atoms with E-state index in [1.807, 2.05) is 21.1 Å². The van der Waals surface area contributed by atoms with Gasteiger partial charge in [-0.2, -0.15) is 0 Å². The largest absolute Gasteiger partial charge is 0.545 e. The molecule has 0 N–H and O–H groups in total. The molecule has 0 aliphatic heterocycles. The summed E-state index contributed by atoms with van der Waals surface area (Å²) in [5.74, 6) is -2.25. The maximum Gasteiger partial charge on any atom is 0.306 e. The molecule has 488 valence electrons. The summed E-state index contributed by atoms with van der Waals surface area (Å²) >= 11 is 0. The van der Waals surface area contributed by atoms with E-state index in [0.29, 0.717) is 17.4 Å². The van der Waals surface area contributed by atoms with E-state index in [4.69, 9.17) is 18.9 Å². The SMILES string of the molecule is CCCCCCC/C=C\C/C=C\CCCCCCCCCCCCCCCCCCCC(=O)OC(COC(=O)CCCCCCCCCCCCCCCCCCC/C=C\CCCCCCCCCC)COC(OCC[N+](C)(C)C)C(=O)[O-]. The van der Waals surface area contributed by atoms with Crippen LogP contribution in [0.15, 0.2) is 36.5 Å². The lowest BCUT2D eigenvalue weighted by Crippen LogP contribution is -2.44. The number of ether oxygens (including phenoxy) is 4. The summed E-state index contributed by atoms with van der Waals surface area (Å²) in [4.78, 5) is 37.5. The number of esters is 2. The number of carboxylic acid groups (broad SMARTS) is 1. The van der Waals surface area contributed by atoms with Crippen LogP contribution in [0.3, 0.4) is 0 Å². The molecule has 0 amide bonds. The highest BCUT2D eigenvalue weighted by atomic mass is 16.7. The van der Waals surface area contributed by atoms with Crippen LogP contribution < -0.4 is 5.11 Å². The maximum atomic E-state index is 12.9. The first-order valence-electron chi connectivity index (χ1n) is 36.1. The third-order valence-electron chi connectivity index (χ3n) is 16.4. The normalized spacial score (nSPS) is 12.8. The lowest BCUT2D eigenvalue weighted by atomic mass is 10.0. The van der Waals surface area contributed by atoms with E-state index in [1.54, 1.807) is 0 Å². The third kappa shape index (κ3) is 66.9.